The molecule has 0 aliphatic carbocycles. The quantitative estimate of drug-likeness (QED) is 0.597. The lowest BCUT2D eigenvalue weighted by atomic mass is 9.87. The minimum atomic E-state index is 0.000652. The van der Waals surface area contributed by atoms with Crippen LogP contribution in [-0.2, 0) is 5.41 Å². The molecule has 1 heterocycles. The number of rotatable bonds is 3. The monoisotopic (exact) mass is 333 g/mol. The number of furan rings is 1. The molecule has 0 fully saturated rings. The highest BCUT2D eigenvalue weighted by Gasteiger charge is 2.15. The van der Waals surface area contributed by atoms with E-state index < -0.39 is 0 Å². The lowest BCUT2D eigenvalue weighted by Crippen LogP contribution is -2.10. The maximum Gasteiger partial charge on any atom is 0.145 e. The van der Waals surface area contributed by atoms with Crippen molar-refractivity contribution in [1.29, 1.82) is 0 Å². The highest BCUT2D eigenvalue weighted by molar-refractivity contribution is 5.81. The Hall–Kier alpha value is -2.81. The number of benzene rings is 2. The zero-order valence-corrected chi connectivity index (χ0v) is 15.1. The van der Waals surface area contributed by atoms with Gasteiger partial charge in [-0.25, -0.2) is 4.99 Å². The molecule has 3 nitrogen and oxygen atoms in total. The zero-order chi connectivity index (χ0) is 18.0. The molecular formula is C22H23NO2. The predicted molar refractivity (Wildman–Crippen MR) is 103 cm³/mol. The molecule has 3 rings (SSSR count). The van der Waals surface area contributed by atoms with E-state index in [9.17, 15) is 5.11 Å². The molecule has 0 aliphatic heterocycles. The summed E-state index contributed by atoms with van der Waals surface area (Å²) in [6.07, 6.45) is 1.64. The Kier molecular flexibility index (Phi) is 4.49. The molecule has 1 N–H and O–H groups in total. The summed E-state index contributed by atoms with van der Waals surface area (Å²) in [5, 5.41) is 10.1. The number of hydrogen-bond donors (Lipinski definition) is 1. The molecule has 2 aromatic carbocycles. The van der Waals surface area contributed by atoms with Crippen LogP contribution in [0.1, 0.15) is 37.7 Å². The molecule has 3 aromatic rings. The summed E-state index contributed by atoms with van der Waals surface area (Å²) in [6.45, 7) is 8.46. The van der Waals surface area contributed by atoms with Gasteiger partial charge in [-0.3, -0.25) is 0 Å². The lowest BCUT2D eigenvalue weighted by molar-refractivity contribution is 0.475. The van der Waals surface area contributed by atoms with Crippen LogP contribution in [0.15, 0.2) is 64.0 Å². The summed E-state index contributed by atoms with van der Waals surface area (Å²) in [4.78, 5) is 4.41. The molecule has 25 heavy (non-hydrogen) atoms. The number of aryl methyl sites for hydroxylation is 1. The van der Waals surface area contributed by atoms with Gasteiger partial charge in [0.2, 0.25) is 0 Å². The highest BCUT2D eigenvalue weighted by Crippen LogP contribution is 2.32. The minimum Gasteiger partial charge on any atom is -0.506 e. The number of phenolic OH excluding ortho intramolecular Hbond substituents is 1. The van der Waals surface area contributed by atoms with Gasteiger partial charge in [-0.15, -0.1) is 0 Å². The summed E-state index contributed by atoms with van der Waals surface area (Å²) in [5.74, 6) is 1.63. The SMILES string of the molecule is Cc1ccccc1-c1ccc(C=Nc2cc(C(C)(C)C)ccc2O)o1. The van der Waals surface area contributed by atoms with E-state index in [0.717, 1.165) is 22.5 Å². The Balaban J connectivity index is 1.88. The molecule has 0 radical (unpaired) electrons. The average Bonchev–Trinajstić information content (AvgIpc) is 3.02. The molecule has 0 saturated heterocycles. The molecular weight excluding hydrogens is 310 g/mol. The first-order valence-corrected chi connectivity index (χ1v) is 8.38. The van der Waals surface area contributed by atoms with E-state index in [1.807, 2.05) is 42.5 Å². The van der Waals surface area contributed by atoms with Gasteiger partial charge in [-0.05, 0) is 47.7 Å². The summed E-state index contributed by atoms with van der Waals surface area (Å²) >= 11 is 0. The summed E-state index contributed by atoms with van der Waals surface area (Å²) in [7, 11) is 0. The van der Waals surface area contributed by atoms with Crippen molar-refractivity contribution in [3.8, 4) is 17.1 Å². The maximum atomic E-state index is 10.1. The standard InChI is InChI=1S/C22H23NO2/c1-15-7-5-6-8-18(15)21-12-10-17(25-21)14-23-19-13-16(22(2,3)4)9-11-20(19)24/h5-14,24H,1-4H3. The third-order valence-corrected chi connectivity index (χ3v) is 4.21. The van der Waals surface area contributed by atoms with Gasteiger partial charge in [0.05, 0.1) is 6.21 Å². The summed E-state index contributed by atoms with van der Waals surface area (Å²) in [5.41, 5.74) is 3.90. The van der Waals surface area contributed by atoms with E-state index in [1.165, 1.54) is 0 Å². The molecule has 0 saturated carbocycles. The number of phenols is 1. The van der Waals surface area contributed by atoms with Crippen LogP contribution in [0.3, 0.4) is 0 Å². The normalized spacial score (nSPS) is 12.0. The van der Waals surface area contributed by atoms with Crippen molar-refractivity contribution in [2.75, 3.05) is 0 Å². The topological polar surface area (TPSA) is 45.7 Å². The van der Waals surface area contributed by atoms with Crippen molar-refractivity contribution in [3.05, 3.63) is 71.5 Å². The zero-order valence-electron chi connectivity index (χ0n) is 15.1. The van der Waals surface area contributed by atoms with Gasteiger partial charge in [0.15, 0.2) is 0 Å². The fraction of sp³-hybridized carbons (Fsp3) is 0.227. The van der Waals surface area contributed by atoms with Crippen LogP contribution in [0, 0.1) is 6.92 Å². The summed E-state index contributed by atoms with van der Waals surface area (Å²) < 4.78 is 5.88. The lowest BCUT2D eigenvalue weighted by Gasteiger charge is -2.19. The van der Waals surface area contributed by atoms with Crippen molar-refractivity contribution < 1.29 is 9.52 Å². The van der Waals surface area contributed by atoms with Crippen molar-refractivity contribution in [2.24, 2.45) is 4.99 Å². The average molecular weight is 333 g/mol. The van der Waals surface area contributed by atoms with Crippen LogP contribution >= 0.6 is 0 Å². The van der Waals surface area contributed by atoms with Crippen LogP contribution in [0.4, 0.5) is 5.69 Å². The van der Waals surface area contributed by atoms with Crippen molar-refractivity contribution in [1.82, 2.24) is 0 Å². The second kappa shape index (κ2) is 6.60. The first kappa shape index (κ1) is 17.0. The Bertz CT molecular complexity index is 914. The first-order valence-electron chi connectivity index (χ1n) is 8.38. The van der Waals surface area contributed by atoms with Crippen LogP contribution < -0.4 is 0 Å². The van der Waals surface area contributed by atoms with Gasteiger partial charge in [-0.2, -0.15) is 0 Å². The van der Waals surface area contributed by atoms with Gasteiger partial charge in [0.1, 0.15) is 23.0 Å². The fourth-order valence-electron chi connectivity index (χ4n) is 2.64. The Morgan fingerprint density at radius 3 is 2.48 bits per heavy atom. The molecule has 0 unspecified atom stereocenters. The molecule has 0 amide bonds. The molecule has 128 valence electrons. The second-order valence-corrected chi connectivity index (χ2v) is 7.23. The molecule has 0 bridgehead atoms. The van der Waals surface area contributed by atoms with Gasteiger partial charge >= 0.3 is 0 Å². The number of aliphatic imine (C=N–C) groups is 1. The largest absolute Gasteiger partial charge is 0.506 e. The fourth-order valence-corrected chi connectivity index (χ4v) is 2.64. The van der Waals surface area contributed by atoms with Gasteiger partial charge in [-0.1, -0.05) is 51.1 Å². The smallest absolute Gasteiger partial charge is 0.145 e. The van der Waals surface area contributed by atoms with Crippen LogP contribution in [-0.4, -0.2) is 11.3 Å². The summed E-state index contributed by atoms with van der Waals surface area (Å²) in [6, 6.07) is 17.5. The van der Waals surface area contributed by atoms with E-state index in [0.29, 0.717) is 11.4 Å². The predicted octanol–water partition coefficient (Wildman–Crippen LogP) is 6.01. The van der Waals surface area contributed by atoms with E-state index in [4.69, 9.17) is 4.42 Å². The Morgan fingerprint density at radius 1 is 1.00 bits per heavy atom. The van der Waals surface area contributed by atoms with E-state index in [1.54, 1.807) is 12.3 Å². The first-order chi connectivity index (χ1) is 11.8. The second-order valence-electron chi connectivity index (χ2n) is 7.23. The number of nitrogens with zero attached hydrogens (tertiary/aromatic N) is 1. The van der Waals surface area contributed by atoms with Crippen molar-refractivity contribution in [2.45, 2.75) is 33.1 Å². The molecule has 1 aromatic heterocycles. The van der Waals surface area contributed by atoms with E-state index in [-0.39, 0.29) is 11.2 Å². The van der Waals surface area contributed by atoms with E-state index in [2.05, 4.69) is 38.8 Å². The van der Waals surface area contributed by atoms with Gasteiger partial charge in [0.25, 0.3) is 0 Å². The van der Waals surface area contributed by atoms with Gasteiger partial charge in [0, 0.05) is 5.56 Å². The third-order valence-electron chi connectivity index (χ3n) is 4.21. The molecule has 0 atom stereocenters. The Labute approximate surface area is 148 Å². The number of aromatic hydroxyl groups is 1. The molecule has 0 aliphatic rings. The van der Waals surface area contributed by atoms with Crippen LogP contribution in [0.2, 0.25) is 0 Å². The number of hydrogen-bond acceptors (Lipinski definition) is 3. The molecule has 3 heteroatoms. The van der Waals surface area contributed by atoms with Crippen LogP contribution in [0.5, 0.6) is 5.75 Å². The van der Waals surface area contributed by atoms with Crippen LogP contribution in [0.25, 0.3) is 11.3 Å². The van der Waals surface area contributed by atoms with Crippen molar-refractivity contribution in [3.63, 3.8) is 0 Å². The van der Waals surface area contributed by atoms with Crippen molar-refractivity contribution >= 4 is 11.9 Å². The third kappa shape index (κ3) is 3.82. The Morgan fingerprint density at radius 2 is 1.76 bits per heavy atom. The highest BCUT2D eigenvalue weighted by atomic mass is 16.3. The maximum absolute atomic E-state index is 10.1. The van der Waals surface area contributed by atoms with Gasteiger partial charge < -0.3 is 9.52 Å². The molecule has 0 spiro atoms. The van der Waals surface area contributed by atoms with E-state index >= 15 is 0 Å². The minimum absolute atomic E-state index is 0.000652.